The van der Waals surface area contributed by atoms with E-state index >= 15 is 0 Å². The zero-order chi connectivity index (χ0) is 14.5. The Hall–Kier alpha value is -1.03. The van der Waals surface area contributed by atoms with Crippen molar-refractivity contribution >= 4 is 27.5 Å². The van der Waals surface area contributed by atoms with Crippen molar-refractivity contribution in [2.24, 2.45) is 5.73 Å². The summed E-state index contributed by atoms with van der Waals surface area (Å²) < 4.78 is 7.01. The monoisotopic (exact) mass is 353 g/mol. The zero-order valence-electron chi connectivity index (χ0n) is 11.2. The van der Waals surface area contributed by atoms with Crippen molar-refractivity contribution in [3.05, 3.63) is 63.6 Å². The van der Waals surface area contributed by atoms with Gasteiger partial charge in [0.15, 0.2) is 0 Å². The lowest BCUT2D eigenvalue weighted by Crippen LogP contribution is -2.38. The lowest BCUT2D eigenvalue weighted by Gasteiger charge is -2.22. The molecule has 0 saturated carbocycles. The van der Waals surface area contributed by atoms with Gasteiger partial charge in [-0.15, -0.1) is 0 Å². The normalized spacial score (nSPS) is 13.8. The molecule has 2 atom stereocenters. The third kappa shape index (κ3) is 4.51. The van der Waals surface area contributed by atoms with Crippen LogP contribution in [-0.4, -0.2) is 12.1 Å². The third-order valence-electron chi connectivity index (χ3n) is 3.04. The second-order valence-corrected chi connectivity index (χ2v) is 6.15. The molecule has 2 N–H and O–H groups in total. The molecule has 0 saturated heterocycles. The number of nitrogens with two attached hydrogens (primary N) is 1. The Labute approximate surface area is 133 Å². The number of ether oxygens (including phenoxy) is 1. The number of rotatable bonds is 5. The van der Waals surface area contributed by atoms with E-state index < -0.39 is 0 Å². The number of hydrogen-bond donors (Lipinski definition) is 1. The molecule has 20 heavy (non-hydrogen) atoms. The Bertz CT molecular complexity index is 492. The molecule has 0 bridgehead atoms. The van der Waals surface area contributed by atoms with E-state index in [0.717, 1.165) is 27.2 Å². The first-order valence-corrected chi connectivity index (χ1v) is 7.64. The van der Waals surface area contributed by atoms with Gasteiger partial charge in [-0.3, -0.25) is 0 Å². The highest BCUT2D eigenvalue weighted by Gasteiger charge is 2.16. The molecule has 106 valence electrons. The van der Waals surface area contributed by atoms with Gasteiger partial charge < -0.3 is 10.5 Å². The first-order valence-electron chi connectivity index (χ1n) is 6.47. The van der Waals surface area contributed by atoms with Gasteiger partial charge in [0.2, 0.25) is 0 Å². The topological polar surface area (TPSA) is 35.2 Å². The Morgan fingerprint density at radius 1 is 1.10 bits per heavy atom. The highest BCUT2D eigenvalue weighted by molar-refractivity contribution is 9.10. The third-order valence-corrected chi connectivity index (χ3v) is 3.82. The summed E-state index contributed by atoms with van der Waals surface area (Å²) in [6.07, 6.45) is 0.683. The summed E-state index contributed by atoms with van der Waals surface area (Å²) >= 11 is 9.30. The summed E-state index contributed by atoms with van der Waals surface area (Å²) in [5, 5.41) is 0.736. The van der Waals surface area contributed by atoms with Gasteiger partial charge in [0.25, 0.3) is 0 Å². The van der Waals surface area contributed by atoms with Gasteiger partial charge in [-0.1, -0.05) is 39.7 Å². The smallest absolute Gasteiger partial charge is 0.119 e. The molecule has 0 aromatic heterocycles. The van der Waals surface area contributed by atoms with Gasteiger partial charge in [0.1, 0.15) is 11.9 Å². The molecule has 2 nitrogen and oxygen atoms in total. The highest BCUT2D eigenvalue weighted by atomic mass is 79.9. The van der Waals surface area contributed by atoms with Gasteiger partial charge in [0, 0.05) is 22.0 Å². The van der Waals surface area contributed by atoms with Gasteiger partial charge in [-0.25, -0.2) is 0 Å². The maximum Gasteiger partial charge on any atom is 0.119 e. The molecule has 0 heterocycles. The molecule has 0 fully saturated rings. The minimum absolute atomic E-state index is 0.0608. The standard InChI is InChI=1S/C16H17BrClNO/c1-11(19)16(10-12-2-6-14(18)7-3-12)20-15-8-4-13(17)5-9-15/h2-9,11,16H,10,19H2,1H3. The van der Waals surface area contributed by atoms with Crippen molar-refractivity contribution in [1.29, 1.82) is 0 Å². The fraction of sp³-hybridized carbons (Fsp3) is 0.250. The summed E-state index contributed by atoms with van der Waals surface area (Å²) in [7, 11) is 0. The van der Waals surface area contributed by atoms with Crippen molar-refractivity contribution in [2.75, 3.05) is 0 Å². The van der Waals surface area contributed by atoms with Crippen LogP contribution < -0.4 is 10.5 Å². The molecule has 2 aromatic rings. The molecule has 0 amide bonds. The van der Waals surface area contributed by atoms with E-state index in [4.69, 9.17) is 22.1 Å². The van der Waals surface area contributed by atoms with Crippen molar-refractivity contribution < 1.29 is 4.74 Å². The van der Waals surface area contributed by atoms with Crippen molar-refractivity contribution in [2.45, 2.75) is 25.5 Å². The van der Waals surface area contributed by atoms with Gasteiger partial charge in [0.05, 0.1) is 0 Å². The molecule has 2 unspecified atom stereocenters. The van der Waals surface area contributed by atoms with Crippen LogP contribution in [0.5, 0.6) is 5.75 Å². The van der Waals surface area contributed by atoms with E-state index in [1.54, 1.807) is 0 Å². The molecule has 2 rings (SSSR count). The first kappa shape index (κ1) is 15.4. The van der Waals surface area contributed by atoms with Crippen molar-refractivity contribution in [3.63, 3.8) is 0 Å². The fourth-order valence-electron chi connectivity index (χ4n) is 1.88. The fourth-order valence-corrected chi connectivity index (χ4v) is 2.27. The molecular formula is C16H17BrClNO. The van der Waals surface area contributed by atoms with Crippen LogP contribution in [0.3, 0.4) is 0 Å². The largest absolute Gasteiger partial charge is 0.488 e. The van der Waals surface area contributed by atoms with E-state index in [1.165, 1.54) is 0 Å². The van der Waals surface area contributed by atoms with Crippen LogP contribution in [0.25, 0.3) is 0 Å². The molecule has 0 aliphatic carbocycles. The highest BCUT2D eigenvalue weighted by Crippen LogP contribution is 2.20. The molecule has 0 aliphatic rings. The van der Waals surface area contributed by atoms with Crippen LogP contribution in [0, 0.1) is 0 Å². The second kappa shape index (κ2) is 7.11. The van der Waals surface area contributed by atoms with E-state index in [9.17, 15) is 0 Å². The predicted molar refractivity (Wildman–Crippen MR) is 87.4 cm³/mol. The Morgan fingerprint density at radius 2 is 1.70 bits per heavy atom. The SMILES string of the molecule is CC(N)C(Cc1ccc(Cl)cc1)Oc1ccc(Br)cc1. The molecule has 0 aliphatic heterocycles. The predicted octanol–water partition coefficient (Wildman–Crippen LogP) is 4.44. The van der Waals surface area contributed by atoms with E-state index in [1.807, 2.05) is 55.5 Å². The summed E-state index contributed by atoms with van der Waals surface area (Å²) in [5.41, 5.74) is 7.19. The summed E-state index contributed by atoms with van der Waals surface area (Å²) in [4.78, 5) is 0. The Kier molecular flexibility index (Phi) is 5.46. The number of halogens is 2. The lowest BCUT2D eigenvalue weighted by molar-refractivity contribution is 0.177. The second-order valence-electron chi connectivity index (χ2n) is 4.80. The minimum Gasteiger partial charge on any atom is -0.488 e. The summed E-state index contributed by atoms with van der Waals surface area (Å²) in [6, 6.07) is 15.5. The quantitative estimate of drug-likeness (QED) is 0.861. The Morgan fingerprint density at radius 3 is 2.25 bits per heavy atom. The van der Waals surface area contributed by atoms with E-state index in [0.29, 0.717) is 0 Å². The van der Waals surface area contributed by atoms with Gasteiger partial charge in [-0.05, 0) is 48.9 Å². The zero-order valence-corrected chi connectivity index (χ0v) is 13.6. The molecule has 0 spiro atoms. The van der Waals surface area contributed by atoms with E-state index in [2.05, 4.69) is 15.9 Å². The molecular weight excluding hydrogens is 338 g/mol. The molecule has 0 radical (unpaired) electrons. The molecule has 4 heteroatoms. The van der Waals surface area contributed by atoms with E-state index in [-0.39, 0.29) is 12.1 Å². The number of hydrogen-bond acceptors (Lipinski definition) is 2. The van der Waals surface area contributed by atoms with Crippen molar-refractivity contribution in [1.82, 2.24) is 0 Å². The van der Waals surface area contributed by atoms with Gasteiger partial charge >= 0.3 is 0 Å². The average Bonchev–Trinajstić information content (AvgIpc) is 2.42. The van der Waals surface area contributed by atoms with Crippen molar-refractivity contribution in [3.8, 4) is 5.75 Å². The lowest BCUT2D eigenvalue weighted by atomic mass is 10.0. The first-order chi connectivity index (χ1) is 9.54. The van der Waals surface area contributed by atoms with Crippen LogP contribution in [0.1, 0.15) is 12.5 Å². The molecule has 2 aromatic carbocycles. The maximum absolute atomic E-state index is 6.03. The van der Waals surface area contributed by atoms with Crippen LogP contribution >= 0.6 is 27.5 Å². The van der Waals surface area contributed by atoms with Crippen LogP contribution in [0.2, 0.25) is 5.02 Å². The summed E-state index contributed by atoms with van der Waals surface area (Å²) in [6.45, 7) is 1.96. The Balaban J connectivity index is 2.07. The average molecular weight is 355 g/mol. The summed E-state index contributed by atoms with van der Waals surface area (Å²) in [5.74, 6) is 0.824. The minimum atomic E-state index is -0.0719. The van der Waals surface area contributed by atoms with Crippen LogP contribution in [-0.2, 0) is 6.42 Å². The van der Waals surface area contributed by atoms with Crippen LogP contribution in [0.4, 0.5) is 0 Å². The van der Waals surface area contributed by atoms with Crippen LogP contribution in [0.15, 0.2) is 53.0 Å². The van der Waals surface area contributed by atoms with Gasteiger partial charge in [-0.2, -0.15) is 0 Å². The number of benzene rings is 2. The maximum atomic E-state index is 6.03.